The highest BCUT2D eigenvalue weighted by molar-refractivity contribution is 9.10. The maximum atomic E-state index is 12.0. The number of nitrogens with one attached hydrogen (secondary N) is 1. The number of aryl methyl sites for hydroxylation is 1. The fourth-order valence-electron chi connectivity index (χ4n) is 2.32. The zero-order chi connectivity index (χ0) is 18.9. The highest BCUT2D eigenvalue weighted by Gasteiger charge is 2.14. The molecule has 0 saturated carbocycles. The van der Waals surface area contributed by atoms with Crippen molar-refractivity contribution < 1.29 is 19.1 Å². The zero-order valence-corrected chi connectivity index (χ0v) is 16.4. The summed E-state index contributed by atoms with van der Waals surface area (Å²) in [5, 5.41) is 2.88. The summed E-state index contributed by atoms with van der Waals surface area (Å²) < 4.78 is 11.2. The Balaban J connectivity index is 1.75. The molecule has 0 aliphatic carbocycles. The van der Waals surface area contributed by atoms with E-state index in [-0.39, 0.29) is 25.2 Å². The van der Waals surface area contributed by atoms with Crippen molar-refractivity contribution in [3.05, 3.63) is 64.1 Å². The molecule has 2 rings (SSSR count). The summed E-state index contributed by atoms with van der Waals surface area (Å²) in [7, 11) is 0. The first kappa shape index (κ1) is 20.0. The van der Waals surface area contributed by atoms with Gasteiger partial charge in [0.15, 0.2) is 13.2 Å². The van der Waals surface area contributed by atoms with Gasteiger partial charge in [0.2, 0.25) is 0 Å². The number of ether oxygens (including phenoxy) is 2. The third kappa shape index (κ3) is 6.52. The maximum absolute atomic E-state index is 12.0. The molecule has 6 heteroatoms. The van der Waals surface area contributed by atoms with Gasteiger partial charge < -0.3 is 14.8 Å². The van der Waals surface area contributed by atoms with Crippen LogP contribution in [0.3, 0.4) is 0 Å². The second kappa shape index (κ2) is 9.97. The Morgan fingerprint density at radius 2 is 1.69 bits per heavy atom. The van der Waals surface area contributed by atoms with Crippen molar-refractivity contribution in [2.45, 2.75) is 26.3 Å². The molecule has 0 bridgehead atoms. The van der Waals surface area contributed by atoms with Crippen molar-refractivity contribution in [1.29, 1.82) is 0 Å². The molecule has 0 spiro atoms. The topological polar surface area (TPSA) is 64.6 Å². The van der Waals surface area contributed by atoms with Crippen molar-refractivity contribution in [2.75, 3.05) is 13.2 Å². The van der Waals surface area contributed by atoms with Crippen LogP contribution in [0.5, 0.6) is 5.75 Å². The van der Waals surface area contributed by atoms with Gasteiger partial charge in [0.1, 0.15) is 5.75 Å². The maximum Gasteiger partial charge on any atom is 0.344 e. The van der Waals surface area contributed by atoms with Crippen molar-refractivity contribution >= 4 is 27.8 Å². The smallest absolute Gasteiger partial charge is 0.344 e. The molecule has 0 aliphatic rings. The van der Waals surface area contributed by atoms with Crippen molar-refractivity contribution in [2.24, 2.45) is 0 Å². The molecule has 0 aliphatic heterocycles. The molecule has 2 aromatic rings. The summed E-state index contributed by atoms with van der Waals surface area (Å²) in [6.07, 6.45) is 0.745. The van der Waals surface area contributed by atoms with Gasteiger partial charge in [0.25, 0.3) is 5.91 Å². The summed E-state index contributed by atoms with van der Waals surface area (Å²) in [5.74, 6) is -0.374. The first-order valence-electron chi connectivity index (χ1n) is 8.38. The Hall–Kier alpha value is -2.34. The Kier molecular flexibility index (Phi) is 7.66. The van der Waals surface area contributed by atoms with Crippen LogP contribution in [0.15, 0.2) is 53.0 Å². The molecule has 0 saturated heterocycles. The minimum absolute atomic E-state index is 0.110. The predicted octanol–water partition coefficient (Wildman–Crippen LogP) is 3.95. The minimum atomic E-state index is -0.591. The largest absolute Gasteiger partial charge is 0.482 e. The Morgan fingerprint density at radius 3 is 2.31 bits per heavy atom. The van der Waals surface area contributed by atoms with Gasteiger partial charge in [-0.2, -0.15) is 0 Å². The number of carbonyl (C=O) groups excluding carboxylic acids is 2. The van der Waals surface area contributed by atoms with Crippen LogP contribution in [-0.4, -0.2) is 25.1 Å². The molecule has 2 aromatic carbocycles. The molecule has 26 heavy (non-hydrogen) atoms. The Labute approximate surface area is 161 Å². The summed E-state index contributed by atoms with van der Waals surface area (Å²) in [5.41, 5.74) is 2.19. The molecule has 0 unspecified atom stereocenters. The third-order valence-electron chi connectivity index (χ3n) is 3.76. The van der Waals surface area contributed by atoms with E-state index >= 15 is 0 Å². The lowest BCUT2D eigenvalue weighted by Crippen LogP contribution is -2.32. The molecule has 0 heterocycles. The van der Waals surface area contributed by atoms with E-state index in [2.05, 4.69) is 21.2 Å². The number of carbonyl (C=O) groups is 2. The normalized spacial score (nSPS) is 11.5. The van der Waals surface area contributed by atoms with E-state index in [4.69, 9.17) is 9.47 Å². The third-order valence-corrected chi connectivity index (χ3v) is 4.29. The Bertz CT molecular complexity index is 728. The van der Waals surface area contributed by atoms with Crippen LogP contribution in [0.1, 0.15) is 30.5 Å². The fourth-order valence-corrected chi connectivity index (χ4v) is 2.58. The van der Waals surface area contributed by atoms with E-state index in [1.165, 1.54) is 0 Å². The molecule has 5 nitrogen and oxygen atoms in total. The highest BCUT2D eigenvalue weighted by atomic mass is 79.9. The van der Waals surface area contributed by atoms with Gasteiger partial charge in [0, 0.05) is 4.47 Å². The van der Waals surface area contributed by atoms with Crippen LogP contribution in [0.2, 0.25) is 0 Å². The van der Waals surface area contributed by atoms with E-state index < -0.39 is 5.97 Å². The lowest BCUT2D eigenvalue weighted by atomic mass is 10.0. The molecule has 0 radical (unpaired) electrons. The van der Waals surface area contributed by atoms with Crippen molar-refractivity contribution in [3.63, 3.8) is 0 Å². The number of hydrogen-bond donors (Lipinski definition) is 1. The lowest BCUT2D eigenvalue weighted by molar-refractivity contribution is -0.150. The average molecular weight is 420 g/mol. The SMILES string of the molecule is CC[C@@H](NC(=O)COC(=O)COc1ccc(Br)cc1)c1ccc(C)cc1. The number of rotatable bonds is 8. The number of hydrogen-bond acceptors (Lipinski definition) is 4. The van der Waals surface area contributed by atoms with E-state index in [1.807, 2.05) is 50.2 Å². The first-order valence-corrected chi connectivity index (χ1v) is 9.17. The van der Waals surface area contributed by atoms with E-state index in [0.717, 1.165) is 22.0 Å². The number of esters is 1. The van der Waals surface area contributed by atoms with Gasteiger partial charge in [-0.1, -0.05) is 52.7 Å². The molecule has 138 valence electrons. The average Bonchev–Trinajstić information content (AvgIpc) is 2.65. The first-order chi connectivity index (χ1) is 12.5. The number of amides is 1. The van der Waals surface area contributed by atoms with Crippen LogP contribution in [0.25, 0.3) is 0 Å². The van der Waals surface area contributed by atoms with Gasteiger partial charge in [0.05, 0.1) is 6.04 Å². The quantitative estimate of drug-likeness (QED) is 0.657. The van der Waals surface area contributed by atoms with Crippen LogP contribution < -0.4 is 10.1 Å². The fraction of sp³-hybridized carbons (Fsp3) is 0.300. The number of halogens is 1. The predicted molar refractivity (Wildman–Crippen MR) is 103 cm³/mol. The van der Waals surface area contributed by atoms with Crippen molar-refractivity contribution in [3.8, 4) is 5.75 Å². The summed E-state index contributed by atoms with van der Waals surface area (Å²) >= 11 is 3.32. The van der Waals surface area contributed by atoms with E-state index in [0.29, 0.717) is 5.75 Å². The standard InChI is InChI=1S/C20H22BrNO4/c1-3-18(15-6-4-14(2)5-7-15)22-19(23)12-26-20(24)13-25-17-10-8-16(21)9-11-17/h4-11,18H,3,12-13H2,1-2H3,(H,22,23)/t18-/m1/s1. The molecule has 0 fully saturated rings. The zero-order valence-electron chi connectivity index (χ0n) is 14.8. The van der Waals surface area contributed by atoms with Gasteiger partial charge in [-0.3, -0.25) is 4.79 Å². The van der Waals surface area contributed by atoms with Gasteiger partial charge in [-0.25, -0.2) is 4.79 Å². The molecule has 1 atom stereocenters. The second-order valence-electron chi connectivity index (χ2n) is 5.84. The van der Waals surface area contributed by atoms with Gasteiger partial charge in [-0.15, -0.1) is 0 Å². The van der Waals surface area contributed by atoms with E-state index in [9.17, 15) is 9.59 Å². The second-order valence-corrected chi connectivity index (χ2v) is 6.76. The van der Waals surface area contributed by atoms with Gasteiger partial charge >= 0.3 is 5.97 Å². The van der Waals surface area contributed by atoms with Crippen LogP contribution in [-0.2, 0) is 14.3 Å². The lowest BCUT2D eigenvalue weighted by Gasteiger charge is -2.17. The van der Waals surface area contributed by atoms with E-state index in [1.54, 1.807) is 12.1 Å². The molecule has 0 aromatic heterocycles. The van der Waals surface area contributed by atoms with Crippen molar-refractivity contribution in [1.82, 2.24) is 5.32 Å². The monoisotopic (exact) mass is 419 g/mol. The summed E-state index contributed by atoms with van der Waals surface area (Å²) in [6.45, 7) is 3.43. The molecule has 1 N–H and O–H groups in total. The molecule has 1 amide bonds. The van der Waals surface area contributed by atoms with Gasteiger partial charge in [-0.05, 0) is 43.2 Å². The Morgan fingerprint density at radius 1 is 1.04 bits per heavy atom. The minimum Gasteiger partial charge on any atom is -0.482 e. The van der Waals surface area contributed by atoms with Crippen LogP contribution in [0.4, 0.5) is 0 Å². The molecular weight excluding hydrogens is 398 g/mol. The van der Waals surface area contributed by atoms with Crippen LogP contribution in [0, 0.1) is 6.92 Å². The number of benzene rings is 2. The highest BCUT2D eigenvalue weighted by Crippen LogP contribution is 2.17. The summed E-state index contributed by atoms with van der Waals surface area (Å²) in [6, 6.07) is 15.0. The van der Waals surface area contributed by atoms with Crippen LogP contribution >= 0.6 is 15.9 Å². The summed E-state index contributed by atoms with van der Waals surface area (Å²) in [4.78, 5) is 23.7. The molecular formula is C20H22BrNO4.